The van der Waals surface area contributed by atoms with Gasteiger partial charge in [0, 0.05) is 4.47 Å². The number of amides is 2. The first kappa shape index (κ1) is 20.9. The topological polar surface area (TPSA) is 37.4 Å². The molecule has 1 aromatic rings. The van der Waals surface area contributed by atoms with Crippen molar-refractivity contribution in [3.05, 3.63) is 38.8 Å². The first-order valence-electron chi connectivity index (χ1n) is 9.44. The lowest BCUT2D eigenvalue weighted by Gasteiger charge is -2.42. The van der Waals surface area contributed by atoms with E-state index in [9.17, 15) is 9.59 Å². The molecular formula is C20H12BrCl6NO2. The van der Waals surface area contributed by atoms with Gasteiger partial charge >= 0.3 is 0 Å². The number of allylic oxidation sites excluding steroid dienone is 2. The van der Waals surface area contributed by atoms with Crippen LogP contribution >= 0.6 is 85.5 Å². The fourth-order valence-electron chi connectivity index (χ4n) is 6.99. The van der Waals surface area contributed by atoms with Gasteiger partial charge in [0.1, 0.15) is 9.75 Å². The van der Waals surface area contributed by atoms with Crippen molar-refractivity contribution in [3.8, 4) is 0 Å². The summed E-state index contributed by atoms with van der Waals surface area (Å²) in [6.45, 7) is 0. The second-order valence-electron chi connectivity index (χ2n) is 8.78. The fourth-order valence-corrected chi connectivity index (χ4v) is 10.4. The monoisotopic (exact) mass is 587 g/mol. The van der Waals surface area contributed by atoms with Crippen LogP contribution in [0.5, 0.6) is 0 Å². The SMILES string of the molecule is O=C1[C@H]2[C@@H]3C[C@@H]([C@@H]2C(=O)N1c1ccc(Br)cc1)[C@@H]1[C@@H]3[C@]2(Cl)C(Cl)=C(Cl)[C@]1(Cl)C2(Cl)Cl. The molecule has 4 fully saturated rings. The van der Waals surface area contributed by atoms with Gasteiger partial charge in [-0.2, -0.15) is 0 Å². The lowest BCUT2D eigenvalue weighted by atomic mass is 9.65. The summed E-state index contributed by atoms with van der Waals surface area (Å²) in [6.07, 6.45) is 0.650. The predicted molar refractivity (Wildman–Crippen MR) is 123 cm³/mol. The Hall–Kier alpha value is 0.320. The smallest absolute Gasteiger partial charge is 0.237 e. The number of hydrogen-bond acceptors (Lipinski definition) is 2. The highest BCUT2D eigenvalue weighted by atomic mass is 79.9. The number of halogens is 7. The van der Waals surface area contributed by atoms with Gasteiger partial charge in [-0.3, -0.25) is 14.5 Å². The molecule has 0 aromatic heterocycles. The molecule has 0 N–H and O–H groups in total. The molecular weight excluding hydrogens is 579 g/mol. The molecule has 1 aliphatic heterocycles. The Morgan fingerprint density at radius 1 is 0.833 bits per heavy atom. The van der Waals surface area contributed by atoms with Crippen molar-refractivity contribution in [2.24, 2.45) is 35.5 Å². The number of rotatable bonds is 1. The number of carbonyl (C=O) groups excluding carboxylic acids is 2. The Kier molecular flexibility index (Phi) is 4.22. The molecule has 0 radical (unpaired) electrons. The fraction of sp³-hybridized carbons (Fsp3) is 0.500. The number of nitrogens with zero attached hydrogens (tertiary/aromatic N) is 1. The summed E-state index contributed by atoms with van der Waals surface area (Å²) in [5.74, 6) is -2.49. The molecule has 158 valence electrons. The number of imide groups is 1. The van der Waals surface area contributed by atoms with Crippen LogP contribution < -0.4 is 4.90 Å². The quantitative estimate of drug-likeness (QED) is 0.219. The first-order valence-corrected chi connectivity index (χ1v) is 12.5. The van der Waals surface area contributed by atoms with E-state index in [4.69, 9.17) is 69.6 Å². The maximum absolute atomic E-state index is 13.4. The van der Waals surface area contributed by atoms with Crippen molar-refractivity contribution < 1.29 is 9.59 Å². The summed E-state index contributed by atoms with van der Waals surface area (Å²) in [5.41, 5.74) is 0.550. The van der Waals surface area contributed by atoms with E-state index in [2.05, 4.69) is 15.9 Å². The van der Waals surface area contributed by atoms with E-state index in [0.717, 1.165) is 4.47 Å². The number of hydrogen-bond donors (Lipinski definition) is 0. The molecule has 4 bridgehead atoms. The molecule has 0 unspecified atom stereocenters. The summed E-state index contributed by atoms with van der Waals surface area (Å²) in [6, 6.07) is 7.09. The number of alkyl halides is 4. The van der Waals surface area contributed by atoms with Crippen LogP contribution in [0.3, 0.4) is 0 Å². The molecule has 1 heterocycles. The molecule has 5 aliphatic rings. The van der Waals surface area contributed by atoms with Gasteiger partial charge in [-0.15, -0.1) is 23.2 Å². The summed E-state index contributed by atoms with van der Waals surface area (Å²) < 4.78 is -0.777. The molecule has 3 nitrogen and oxygen atoms in total. The third kappa shape index (κ3) is 1.94. The normalized spacial score (nSPS) is 47.5. The third-order valence-electron chi connectivity index (χ3n) is 7.92. The van der Waals surface area contributed by atoms with Crippen LogP contribution in [-0.4, -0.2) is 25.9 Å². The molecule has 0 spiro atoms. The molecule has 4 aliphatic carbocycles. The van der Waals surface area contributed by atoms with Gasteiger partial charge in [0.05, 0.1) is 27.6 Å². The van der Waals surface area contributed by atoms with Gasteiger partial charge in [-0.1, -0.05) is 62.3 Å². The number of anilines is 1. The van der Waals surface area contributed by atoms with Gasteiger partial charge in [0.2, 0.25) is 11.8 Å². The van der Waals surface area contributed by atoms with Crippen molar-refractivity contribution in [1.29, 1.82) is 0 Å². The van der Waals surface area contributed by atoms with E-state index < -0.39 is 25.9 Å². The van der Waals surface area contributed by atoms with Crippen molar-refractivity contribution in [2.75, 3.05) is 4.90 Å². The molecule has 30 heavy (non-hydrogen) atoms. The van der Waals surface area contributed by atoms with Gasteiger partial charge in [0.15, 0.2) is 4.33 Å². The minimum absolute atomic E-state index is 0.151. The highest BCUT2D eigenvalue weighted by Gasteiger charge is 2.88. The highest BCUT2D eigenvalue weighted by molar-refractivity contribution is 9.10. The predicted octanol–water partition coefficient (Wildman–Crippen LogP) is 6.28. The summed E-state index contributed by atoms with van der Waals surface area (Å²) in [7, 11) is 0. The van der Waals surface area contributed by atoms with E-state index in [1.54, 1.807) is 24.3 Å². The Labute approximate surface area is 211 Å². The Morgan fingerprint density at radius 2 is 1.27 bits per heavy atom. The second kappa shape index (κ2) is 6.05. The van der Waals surface area contributed by atoms with Gasteiger partial charge in [0.25, 0.3) is 0 Å². The molecule has 6 rings (SSSR count). The van der Waals surface area contributed by atoms with Crippen LogP contribution in [0.1, 0.15) is 6.42 Å². The average Bonchev–Trinajstić information content (AvgIpc) is 3.39. The van der Waals surface area contributed by atoms with E-state index in [-0.39, 0.29) is 45.6 Å². The molecule has 8 atom stereocenters. The maximum Gasteiger partial charge on any atom is 0.237 e. The maximum atomic E-state index is 13.4. The zero-order valence-corrected chi connectivity index (χ0v) is 21.0. The van der Waals surface area contributed by atoms with Crippen LogP contribution in [0, 0.1) is 35.5 Å². The minimum Gasteiger partial charge on any atom is -0.274 e. The van der Waals surface area contributed by atoms with E-state index >= 15 is 0 Å². The molecule has 2 amide bonds. The third-order valence-corrected chi connectivity index (χ3v) is 12.7. The van der Waals surface area contributed by atoms with Gasteiger partial charge in [-0.05, 0) is 54.4 Å². The second-order valence-corrected chi connectivity index (χ2v) is 13.0. The Balaban J connectivity index is 1.47. The van der Waals surface area contributed by atoms with Gasteiger partial charge < -0.3 is 0 Å². The van der Waals surface area contributed by atoms with Crippen molar-refractivity contribution in [1.82, 2.24) is 0 Å². The van der Waals surface area contributed by atoms with E-state index in [1.807, 2.05) is 0 Å². The first-order chi connectivity index (χ1) is 14.0. The standard InChI is InChI=1S/C20H12BrCl6NO2/c21-6-1-3-7(4-2-6)28-16(29)10-8-5-9(11(10)17(28)30)13-12(8)18(24)14(22)15(23)19(13,25)20(18,26)27/h1-4,8-13H,5H2/t8-,9-,10-,11-,12+,13+,18-,19-/m0/s1. The summed E-state index contributed by atoms with van der Waals surface area (Å²) in [5, 5.41) is 0.301. The molecule has 1 saturated heterocycles. The van der Waals surface area contributed by atoms with Crippen LogP contribution in [0.4, 0.5) is 5.69 Å². The Morgan fingerprint density at radius 3 is 1.70 bits per heavy atom. The lowest BCUT2D eigenvalue weighted by molar-refractivity contribution is -0.123. The van der Waals surface area contributed by atoms with Crippen LogP contribution in [-0.2, 0) is 9.59 Å². The minimum atomic E-state index is -1.64. The summed E-state index contributed by atoms with van der Waals surface area (Å²) in [4.78, 5) is 25.4. The molecule has 1 aromatic carbocycles. The molecule has 10 heteroatoms. The molecule has 3 saturated carbocycles. The van der Waals surface area contributed by atoms with Crippen molar-refractivity contribution in [2.45, 2.75) is 20.5 Å². The number of fused-ring (bicyclic) bond motifs is 12. The largest absolute Gasteiger partial charge is 0.274 e. The van der Waals surface area contributed by atoms with Crippen LogP contribution in [0.15, 0.2) is 38.8 Å². The average molecular weight is 591 g/mol. The number of benzene rings is 1. The zero-order chi connectivity index (χ0) is 21.5. The zero-order valence-electron chi connectivity index (χ0n) is 14.9. The van der Waals surface area contributed by atoms with Crippen molar-refractivity contribution in [3.63, 3.8) is 0 Å². The van der Waals surface area contributed by atoms with E-state index in [0.29, 0.717) is 12.1 Å². The lowest BCUT2D eigenvalue weighted by Crippen LogP contribution is -2.46. The van der Waals surface area contributed by atoms with Gasteiger partial charge in [-0.25, -0.2) is 0 Å². The van der Waals surface area contributed by atoms with Crippen LogP contribution in [0.2, 0.25) is 0 Å². The van der Waals surface area contributed by atoms with E-state index in [1.165, 1.54) is 4.90 Å². The number of carbonyl (C=O) groups is 2. The summed E-state index contributed by atoms with van der Waals surface area (Å²) >= 11 is 43.9. The highest BCUT2D eigenvalue weighted by Crippen LogP contribution is 2.84. The van der Waals surface area contributed by atoms with Crippen molar-refractivity contribution >= 4 is 103 Å². The van der Waals surface area contributed by atoms with Crippen LogP contribution in [0.25, 0.3) is 0 Å². The Bertz CT molecular complexity index is 1020.